The lowest BCUT2D eigenvalue weighted by Crippen LogP contribution is -2.25. The van der Waals surface area contributed by atoms with Crippen molar-refractivity contribution in [1.29, 1.82) is 0 Å². The van der Waals surface area contributed by atoms with Crippen LogP contribution in [0.3, 0.4) is 0 Å². The van der Waals surface area contributed by atoms with Crippen LogP contribution in [-0.2, 0) is 4.79 Å². The Morgan fingerprint density at radius 3 is 2.64 bits per heavy atom. The van der Waals surface area contributed by atoms with Crippen molar-refractivity contribution < 1.29 is 9.59 Å². The highest BCUT2D eigenvalue weighted by molar-refractivity contribution is 6.31. The first kappa shape index (κ1) is 17.2. The van der Waals surface area contributed by atoms with Gasteiger partial charge in [0.15, 0.2) is 0 Å². The number of hydrogen-bond acceptors (Lipinski definition) is 2. The monoisotopic (exact) mass is 354 g/mol. The normalized spacial score (nSPS) is 18.3. The zero-order valence-corrected chi connectivity index (χ0v) is 14.4. The van der Waals surface area contributed by atoms with Gasteiger partial charge in [0.05, 0.1) is 11.3 Å². The van der Waals surface area contributed by atoms with E-state index in [1.54, 1.807) is 30.3 Å². The smallest absolute Gasteiger partial charge is 0.253 e. The molecule has 0 aliphatic heterocycles. The number of halogens is 1. The van der Waals surface area contributed by atoms with E-state index in [4.69, 9.17) is 11.6 Å². The number of carbonyl (C=O) groups is 2. The van der Waals surface area contributed by atoms with Crippen molar-refractivity contribution in [3.63, 3.8) is 0 Å². The molecule has 0 bridgehead atoms. The Balaban J connectivity index is 1.70. The van der Waals surface area contributed by atoms with Crippen LogP contribution in [0.25, 0.3) is 0 Å². The largest absolute Gasteiger partial charge is 0.349 e. The SMILES string of the molecule is C=CCNC(=O)c1ccccc1NC(=O)C1CC1c1ccccc1Cl. The maximum Gasteiger partial charge on any atom is 0.253 e. The average Bonchev–Trinajstić information content (AvgIpc) is 3.41. The van der Waals surface area contributed by atoms with Gasteiger partial charge in [-0.15, -0.1) is 6.58 Å². The number of anilines is 1. The summed E-state index contributed by atoms with van der Waals surface area (Å²) >= 11 is 6.21. The highest BCUT2D eigenvalue weighted by Crippen LogP contribution is 2.50. The van der Waals surface area contributed by atoms with E-state index in [1.807, 2.05) is 24.3 Å². The first-order chi connectivity index (χ1) is 12.1. The average molecular weight is 355 g/mol. The number of nitrogens with one attached hydrogen (secondary N) is 2. The molecule has 2 amide bonds. The molecule has 2 unspecified atom stereocenters. The number of benzene rings is 2. The molecule has 0 spiro atoms. The highest BCUT2D eigenvalue weighted by atomic mass is 35.5. The molecule has 1 aliphatic rings. The quantitative estimate of drug-likeness (QED) is 0.770. The Morgan fingerprint density at radius 1 is 1.16 bits per heavy atom. The molecule has 2 aromatic rings. The molecule has 3 rings (SSSR count). The summed E-state index contributed by atoms with van der Waals surface area (Å²) in [6.07, 6.45) is 2.37. The lowest BCUT2D eigenvalue weighted by Gasteiger charge is -2.11. The topological polar surface area (TPSA) is 58.2 Å². The summed E-state index contributed by atoms with van der Waals surface area (Å²) < 4.78 is 0. The Labute approximate surface area is 151 Å². The minimum Gasteiger partial charge on any atom is -0.349 e. The van der Waals surface area contributed by atoms with Gasteiger partial charge < -0.3 is 10.6 Å². The molecule has 25 heavy (non-hydrogen) atoms. The maximum absolute atomic E-state index is 12.6. The molecule has 1 fully saturated rings. The van der Waals surface area contributed by atoms with Crippen LogP contribution in [0.5, 0.6) is 0 Å². The summed E-state index contributed by atoms with van der Waals surface area (Å²) in [6.45, 7) is 3.95. The van der Waals surface area contributed by atoms with E-state index in [2.05, 4.69) is 17.2 Å². The summed E-state index contributed by atoms with van der Waals surface area (Å²) in [5.74, 6) is -0.317. The van der Waals surface area contributed by atoms with Crippen molar-refractivity contribution in [2.45, 2.75) is 12.3 Å². The molecule has 1 aliphatic carbocycles. The molecule has 0 radical (unpaired) electrons. The molecule has 2 N–H and O–H groups in total. The van der Waals surface area contributed by atoms with E-state index in [1.165, 1.54) is 0 Å². The molecule has 5 heteroatoms. The predicted octanol–water partition coefficient (Wildman–Crippen LogP) is 4.00. The van der Waals surface area contributed by atoms with Crippen LogP contribution in [0.1, 0.15) is 28.3 Å². The number of para-hydroxylation sites is 1. The van der Waals surface area contributed by atoms with Crippen molar-refractivity contribution in [1.82, 2.24) is 5.32 Å². The zero-order chi connectivity index (χ0) is 17.8. The minimum absolute atomic E-state index is 0.0890. The highest BCUT2D eigenvalue weighted by Gasteiger charge is 2.44. The van der Waals surface area contributed by atoms with Crippen LogP contribution in [0, 0.1) is 5.92 Å². The van der Waals surface area contributed by atoms with Crippen molar-refractivity contribution >= 4 is 29.1 Å². The fraction of sp³-hybridized carbons (Fsp3) is 0.200. The molecule has 4 nitrogen and oxygen atoms in total. The Morgan fingerprint density at radius 2 is 1.88 bits per heavy atom. The van der Waals surface area contributed by atoms with Gasteiger partial charge in [-0.05, 0) is 36.1 Å². The van der Waals surface area contributed by atoms with Crippen LogP contribution in [0.4, 0.5) is 5.69 Å². The molecule has 1 saturated carbocycles. The first-order valence-corrected chi connectivity index (χ1v) is 8.53. The summed E-state index contributed by atoms with van der Waals surface area (Å²) in [6, 6.07) is 14.6. The second-order valence-corrected chi connectivity index (χ2v) is 6.41. The van der Waals surface area contributed by atoms with E-state index in [-0.39, 0.29) is 23.7 Å². The van der Waals surface area contributed by atoms with Crippen LogP contribution in [-0.4, -0.2) is 18.4 Å². The van der Waals surface area contributed by atoms with Gasteiger partial charge in [0.1, 0.15) is 0 Å². The van der Waals surface area contributed by atoms with Gasteiger partial charge in [-0.1, -0.05) is 48.0 Å². The number of amides is 2. The van der Waals surface area contributed by atoms with E-state index < -0.39 is 0 Å². The van der Waals surface area contributed by atoms with E-state index in [0.29, 0.717) is 22.8 Å². The van der Waals surface area contributed by atoms with Crippen LogP contribution in [0.15, 0.2) is 61.2 Å². The molecule has 0 saturated heterocycles. The van der Waals surface area contributed by atoms with Gasteiger partial charge in [0.25, 0.3) is 5.91 Å². The van der Waals surface area contributed by atoms with Gasteiger partial charge in [0, 0.05) is 17.5 Å². The maximum atomic E-state index is 12.6. The van der Waals surface area contributed by atoms with Gasteiger partial charge >= 0.3 is 0 Å². The zero-order valence-electron chi connectivity index (χ0n) is 13.7. The molecule has 128 valence electrons. The Bertz CT molecular complexity index is 819. The van der Waals surface area contributed by atoms with Gasteiger partial charge in [0.2, 0.25) is 5.91 Å². The van der Waals surface area contributed by atoms with E-state index >= 15 is 0 Å². The minimum atomic E-state index is -0.241. The lowest BCUT2D eigenvalue weighted by atomic mass is 10.1. The van der Waals surface area contributed by atoms with Gasteiger partial charge in [-0.25, -0.2) is 0 Å². The third kappa shape index (κ3) is 3.91. The van der Waals surface area contributed by atoms with Gasteiger partial charge in [-0.3, -0.25) is 9.59 Å². The third-order valence-electron chi connectivity index (χ3n) is 4.27. The molecule has 0 aromatic heterocycles. The van der Waals surface area contributed by atoms with Crippen molar-refractivity contribution in [2.24, 2.45) is 5.92 Å². The van der Waals surface area contributed by atoms with Crippen molar-refractivity contribution in [3.8, 4) is 0 Å². The fourth-order valence-corrected chi connectivity index (χ4v) is 3.16. The van der Waals surface area contributed by atoms with Crippen LogP contribution < -0.4 is 10.6 Å². The summed E-state index contributed by atoms with van der Waals surface area (Å²) in [5, 5.41) is 6.29. The summed E-state index contributed by atoms with van der Waals surface area (Å²) in [4.78, 5) is 24.8. The predicted molar refractivity (Wildman–Crippen MR) is 99.9 cm³/mol. The van der Waals surface area contributed by atoms with Gasteiger partial charge in [-0.2, -0.15) is 0 Å². The van der Waals surface area contributed by atoms with E-state index in [9.17, 15) is 9.59 Å². The third-order valence-corrected chi connectivity index (χ3v) is 4.61. The van der Waals surface area contributed by atoms with E-state index in [0.717, 1.165) is 12.0 Å². The Kier molecular flexibility index (Phi) is 5.19. The van der Waals surface area contributed by atoms with Crippen molar-refractivity contribution in [3.05, 3.63) is 77.3 Å². The molecular weight excluding hydrogens is 336 g/mol. The second-order valence-electron chi connectivity index (χ2n) is 6.00. The molecule has 0 heterocycles. The molecule has 2 aromatic carbocycles. The standard InChI is InChI=1S/C20H19ClN2O2/c1-2-11-22-19(24)14-8-4-6-10-18(14)23-20(25)16-12-15(16)13-7-3-5-9-17(13)21/h2-10,15-16H,1,11-12H2,(H,22,24)(H,23,25). The molecule has 2 atom stereocenters. The fourth-order valence-electron chi connectivity index (χ4n) is 2.88. The summed E-state index contributed by atoms with van der Waals surface area (Å²) in [5.41, 5.74) is 1.95. The first-order valence-electron chi connectivity index (χ1n) is 8.15. The van der Waals surface area contributed by atoms with Crippen LogP contribution >= 0.6 is 11.6 Å². The number of rotatable bonds is 6. The second kappa shape index (κ2) is 7.53. The lowest BCUT2D eigenvalue weighted by molar-refractivity contribution is -0.117. The molecular formula is C20H19ClN2O2. The van der Waals surface area contributed by atoms with Crippen molar-refractivity contribution in [2.75, 3.05) is 11.9 Å². The van der Waals surface area contributed by atoms with Crippen LogP contribution in [0.2, 0.25) is 5.02 Å². The number of hydrogen-bond donors (Lipinski definition) is 2. The summed E-state index contributed by atoms with van der Waals surface area (Å²) in [7, 11) is 0. The number of carbonyl (C=O) groups excluding carboxylic acids is 2. The Hall–Kier alpha value is -2.59.